The first-order chi connectivity index (χ1) is 10.2. The quantitative estimate of drug-likeness (QED) is 0.613. The first-order valence-electron chi connectivity index (χ1n) is 7.08. The Balaban J connectivity index is 0.000000774. The van der Waals surface area contributed by atoms with Gasteiger partial charge in [-0.25, -0.2) is 4.98 Å². The molecular weight excluding hydrogens is 303 g/mol. The molecule has 0 aliphatic carbocycles. The van der Waals surface area contributed by atoms with Crippen molar-refractivity contribution in [1.82, 2.24) is 9.55 Å². The van der Waals surface area contributed by atoms with Gasteiger partial charge in [0.25, 0.3) is 0 Å². The third-order valence-corrected chi connectivity index (χ3v) is 3.96. The summed E-state index contributed by atoms with van der Waals surface area (Å²) in [7, 11) is 0. The average Bonchev–Trinajstić information content (AvgIpc) is 2.86. The Hall–Kier alpha value is -1.51. The van der Waals surface area contributed by atoms with E-state index >= 15 is 0 Å². The maximum Gasteiger partial charge on any atom is 0.166 e. The summed E-state index contributed by atoms with van der Waals surface area (Å²) in [5, 5.41) is 3.38. The van der Waals surface area contributed by atoms with Gasteiger partial charge >= 0.3 is 0 Å². The normalized spacial score (nSPS) is 10.3. The zero-order valence-corrected chi connectivity index (χ0v) is 13.7. The second-order valence-electron chi connectivity index (χ2n) is 4.45. The molecule has 0 atom stereocenters. The van der Waals surface area contributed by atoms with Crippen LogP contribution in [0.2, 0.25) is 10.3 Å². The lowest BCUT2D eigenvalue weighted by molar-refractivity contribution is 0.697. The summed E-state index contributed by atoms with van der Waals surface area (Å²) in [6, 6.07) is 14.9. The first kappa shape index (κ1) is 15.9. The van der Waals surface area contributed by atoms with Gasteiger partial charge in [-0.15, -0.1) is 0 Å². The first-order valence-corrected chi connectivity index (χ1v) is 7.83. The highest BCUT2D eigenvalue weighted by molar-refractivity contribution is 6.40. The van der Waals surface area contributed by atoms with Crippen molar-refractivity contribution in [2.75, 3.05) is 0 Å². The van der Waals surface area contributed by atoms with Gasteiger partial charge in [-0.05, 0) is 22.8 Å². The van der Waals surface area contributed by atoms with Crippen molar-refractivity contribution in [3.63, 3.8) is 0 Å². The monoisotopic (exact) mass is 320 g/mol. The van der Waals surface area contributed by atoms with Gasteiger partial charge < -0.3 is 4.57 Å². The molecule has 0 N–H and O–H groups in total. The molecule has 0 aliphatic heterocycles. The van der Waals surface area contributed by atoms with Crippen LogP contribution in [0.25, 0.3) is 10.8 Å². The highest BCUT2D eigenvalue weighted by atomic mass is 35.5. The van der Waals surface area contributed by atoms with E-state index in [-0.39, 0.29) is 0 Å². The number of halogens is 2. The van der Waals surface area contributed by atoms with E-state index in [1.54, 1.807) is 6.33 Å². The van der Waals surface area contributed by atoms with Gasteiger partial charge in [0, 0.05) is 6.54 Å². The molecule has 4 heteroatoms. The molecule has 0 bridgehead atoms. The molecule has 0 saturated heterocycles. The number of hydrogen-bond acceptors (Lipinski definition) is 1. The van der Waals surface area contributed by atoms with Gasteiger partial charge in [0.15, 0.2) is 5.15 Å². The molecule has 21 heavy (non-hydrogen) atoms. The summed E-state index contributed by atoms with van der Waals surface area (Å²) in [5.74, 6) is 0. The Kier molecular flexibility index (Phi) is 5.66. The van der Waals surface area contributed by atoms with E-state index in [2.05, 4.69) is 47.4 Å². The van der Waals surface area contributed by atoms with Crippen molar-refractivity contribution in [2.45, 2.75) is 26.8 Å². The van der Waals surface area contributed by atoms with Gasteiger partial charge in [0.2, 0.25) is 0 Å². The summed E-state index contributed by atoms with van der Waals surface area (Å²) in [6.07, 6.45) is 2.57. The van der Waals surface area contributed by atoms with Gasteiger partial charge in [-0.3, -0.25) is 0 Å². The molecule has 1 aromatic heterocycles. The number of imidazole rings is 1. The van der Waals surface area contributed by atoms with E-state index in [1.165, 1.54) is 16.3 Å². The van der Waals surface area contributed by atoms with E-state index in [1.807, 2.05) is 18.4 Å². The van der Waals surface area contributed by atoms with Crippen molar-refractivity contribution in [3.05, 3.63) is 64.7 Å². The predicted octanol–water partition coefficient (Wildman–Crippen LogP) is 5.61. The van der Waals surface area contributed by atoms with Crippen LogP contribution in [0.15, 0.2) is 48.8 Å². The minimum atomic E-state index is 0.361. The third-order valence-electron chi connectivity index (χ3n) is 3.19. The topological polar surface area (TPSA) is 17.8 Å². The standard InChI is InChI=1S/C15H12Cl2N2.C2H6/c16-14-15(17)19(10-18-14)8-7-11-5-6-12-3-1-2-4-13(12)9-11;1-2/h1-6,9-10H,7-8H2;1-2H3. The third kappa shape index (κ3) is 3.78. The average molecular weight is 321 g/mol. The number of nitrogens with zero attached hydrogens (tertiary/aromatic N) is 2. The number of hydrogen-bond donors (Lipinski definition) is 0. The second-order valence-corrected chi connectivity index (χ2v) is 5.17. The Morgan fingerprint density at radius 3 is 2.38 bits per heavy atom. The number of rotatable bonds is 3. The SMILES string of the molecule is CC.Clc1ncn(CCc2ccc3ccccc3c2)c1Cl. The molecule has 2 aromatic carbocycles. The summed E-state index contributed by atoms with van der Waals surface area (Å²) < 4.78 is 1.86. The lowest BCUT2D eigenvalue weighted by Crippen LogP contribution is -2.00. The van der Waals surface area contributed by atoms with Crippen molar-refractivity contribution >= 4 is 34.0 Å². The minimum Gasteiger partial charge on any atom is -0.320 e. The van der Waals surface area contributed by atoms with E-state index in [0.29, 0.717) is 10.3 Å². The Morgan fingerprint density at radius 2 is 1.71 bits per heavy atom. The summed E-state index contributed by atoms with van der Waals surface area (Å²) in [5.41, 5.74) is 1.28. The minimum absolute atomic E-state index is 0.361. The van der Waals surface area contributed by atoms with Crippen molar-refractivity contribution in [2.24, 2.45) is 0 Å². The van der Waals surface area contributed by atoms with Crippen LogP contribution < -0.4 is 0 Å². The number of benzene rings is 2. The van der Waals surface area contributed by atoms with Crippen LogP contribution in [0, 0.1) is 0 Å². The number of fused-ring (bicyclic) bond motifs is 1. The van der Waals surface area contributed by atoms with Gasteiger partial charge in [-0.2, -0.15) is 0 Å². The Bertz CT molecular complexity index is 720. The van der Waals surface area contributed by atoms with E-state index in [4.69, 9.17) is 23.2 Å². The smallest absolute Gasteiger partial charge is 0.166 e. The van der Waals surface area contributed by atoms with Gasteiger partial charge in [0.1, 0.15) is 5.15 Å². The highest BCUT2D eigenvalue weighted by Crippen LogP contribution is 2.21. The largest absolute Gasteiger partial charge is 0.320 e. The Labute approximate surface area is 135 Å². The summed E-state index contributed by atoms with van der Waals surface area (Å²) in [6.45, 7) is 4.77. The van der Waals surface area contributed by atoms with Crippen molar-refractivity contribution in [1.29, 1.82) is 0 Å². The summed E-state index contributed by atoms with van der Waals surface area (Å²) in [4.78, 5) is 3.97. The maximum absolute atomic E-state index is 6.04. The van der Waals surface area contributed by atoms with Crippen LogP contribution >= 0.6 is 23.2 Å². The van der Waals surface area contributed by atoms with E-state index in [9.17, 15) is 0 Å². The molecule has 0 unspecified atom stereocenters. The fraction of sp³-hybridized carbons (Fsp3) is 0.235. The van der Waals surface area contributed by atoms with Crippen molar-refractivity contribution < 1.29 is 0 Å². The van der Waals surface area contributed by atoms with Gasteiger partial charge in [0.05, 0.1) is 6.33 Å². The molecule has 0 fully saturated rings. The van der Waals surface area contributed by atoms with Gasteiger partial charge in [-0.1, -0.05) is 79.5 Å². The molecule has 2 nitrogen and oxygen atoms in total. The van der Waals surface area contributed by atoms with Crippen LogP contribution in [0.1, 0.15) is 19.4 Å². The van der Waals surface area contributed by atoms with E-state index < -0.39 is 0 Å². The van der Waals surface area contributed by atoms with Crippen LogP contribution in [-0.4, -0.2) is 9.55 Å². The highest BCUT2D eigenvalue weighted by Gasteiger charge is 2.05. The van der Waals surface area contributed by atoms with E-state index in [0.717, 1.165) is 13.0 Å². The number of aryl methyl sites for hydroxylation is 2. The lowest BCUT2D eigenvalue weighted by Gasteiger charge is -2.06. The van der Waals surface area contributed by atoms with Crippen LogP contribution in [0.3, 0.4) is 0 Å². The maximum atomic E-state index is 6.04. The molecule has 1 heterocycles. The predicted molar refractivity (Wildman–Crippen MR) is 91.2 cm³/mol. The molecule has 0 saturated carbocycles. The second kappa shape index (κ2) is 7.48. The molecule has 0 aliphatic rings. The zero-order valence-electron chi connectivity index (χ0n) is 12.2. The van der Waals surface area contributed by atoms with Crippen LogP contribution in [0.4, 0.5) is 0 Å². The molecule has 0 spiro atoms. The molecule has 3 aromatic rings. The molecular formula is C17H18Cl2N2. The molecule has 0 radical (unpaired) electrons. The lowest BCUT2D eigenvalue weighted by atomic mass is 10.1. The number of aromatic nitrogens is 2. The van der Waals surface area contributed by atoms with Crippen LogP contribution in [-0.2, 0) is 13.0 Å². The summed E-state index contributed by atoms with van der Waals surface area (Å²) >= 11 is 11.9. The fourth-order valence-corrected chi connectivity index (χ4v) is 2.47. The van der Waals surface area contributed by atoms with Crippen molar-refractivity contribution in [3.8, 4) is 0 Å². The molecule has 110 valence electrons. The zero-order chi connectivity index (χ0) is 15.2. The Morgan fingerprint density at radius 1 is 1.00 bits per heavy atom. The molecule has 0 amide bonds. The molecule has 3 rings (SSSR count). The van der Waals surface area contributed by atoms with Crippen LogP contribution in [0.5, 0.6) is 0 Å². The fourth-order valence-electron chi connectivity index (χ4n) is 2.14.